The molecule has 0 saturated carbocycles. The fourth-order valence-corrected chi connectivity index (χ4v) is 4.07. The third-order valence-corrected chi connectivity index (χ3v) is 5.36. The van der Waals surface area contributed by atoms with Crippen LogP contribution in [0.3, 0.4) is 0 Å². The van der Waals surface area contributed by atoms with Crippen LogP contribution in [0.4, 0.5) is 11.4 Å². The average molecular weight is 365 g/mol. The van der Waals surface area contributed by atoms with Crippen molar-refractivity contribution in [2.75, 3.05) is 29.9 Å². The average Bonchev–Trinajstić information content (AvgIpc) is 3.12. The fourth-order valence-electron chi connectivity index (χ4n) is 3.26. The molecule has 7 heteroatoms. The number of nitrogens with zero attached hydrogens (tertiary/aromatic N) is 5. The predicted molar refractivity (Wildman–Crippen MR) is 104 cm³/mol. The van der Waals surface area contributed by atoms with E-state index in [1.807, 2.05) is 23.1 Å². The second kappa shape index (κ2) is 6.84. The summed E-state index contributed by atoms with van der Waals surface area (Å²) >= 11 is 1.33. The van der Waals surface area contributed by atoms with E-state index in [1.54, 1.807) is 24.7 Å². The molecular formula is C19H19N5OS. The van der Waals surface area contributed by atoms with Crippen molar-refractivity contribution in [3.8, 4) is 10.8 Å². The third-order valence-electron chi connectivity index (χ3n) is 4.38. The van der Waals surface area contributed by atoms with Crippen LogP contribution >= 0.6 is 11.3 Å². The Morgan fingerprint density at radius 1 is 1.08 bits per heavy atom. The molecule has 1 unspecified atom stereocenters. The van der Waals surface area contributed by atoms with Gasteiger partial charge in [0.15, 0.2) is 10.8 Å². The van der Waals surface area contributed by atoms with Crippen LogP contribution in [-0.4, -0.2) is 41.0 Å². The van der Waals surface area contributed by atoms with Crippen molar-refractivity contribution >= 4 is 28.6 Å². The van der Waals surface area contributed by atoms with Gasteiger partial charge in [0, 0.05) is 32.5 Å². The summed E-state index contributed by atoms with van der Waals surface area (Å²) in [4.78, 5) is 30.7. The van der Waals surface area contributed by atoms with Crippen LogP contribution < -0.4 is 9.80 Å². The number of hydrogen-bond donors (Lipinski definition) is 0. The Hall–Kier alpha value is -2.80. The first-order chi connectivity index (χ1) is 12.6. The van der Waals surface area contributed by atoms with E-state index < -0.39 is 0 Å². The Labute approximate surface area is 156 Å². The minimum absolute atomic E-state index is 0.0284. The normalized spacial score (nSPS) is 16.9. The van der Waals surface area contributed by atoms with Crippen molar-refractivity contribution < 1.29 is 4.79 Å². The Morgan fingerprint density at radius 2 is 1.81 bits per heavy atom. The highest BCUT2D eigenvalue weighted by atomic mass is 32.1. The first-order valence-corrected chi connectivity index (χ1v) is 9.30. The summed E-state index contributed by atoms with van der Waals surface area (Å²) < 4.78 is 0. The Bertz CT molecular complexity index is 926. The number of carbonyl (C=O) groups excluding carboxylic acids is 1. The van der Waals surface area contributed by atoms with E-state index in [2.05, 4.69) is 39.9 Å². The predicted octanol–water partition coefficient (Wildman–Crippen LogP) is 3.33. The molecule has 3 aromatic rings. The van der Waals surface area contributed by atoms with Crippen molar-refractivity contribution in [1.82, 2.24) is 15.0 Å². The number of carbonyl (C=O) groups is 1. The minimum Gasteiger partial charge on any atom is -0.373 e. The van der Waals surface area contributed by atoms with E-state index in [0.717, 1.165) is 17.9 Å². The zero-order valence-electron chi connectivity index (χ0n) is 14.7. The van der Waals surface area contributed by atoms with Gasteiger partial charge in [-0.1, -0.05) is 19.1 Å². The lowest BCUT2D eigenvalue weighted by molar-refractivity contribution is 0.0988. The maximum Gasteiger partial charge on any atom is 0.270 e. The highest BCUT2D eigenvalue weighted by molar-refractivity contribution is 7.16. The summed E-state index contributed by atoms with van der Waals surface area (Å²) in [5.74, 6) is 0.876. The van der Waals surface area contributed by atoms with Gasteiger partial charge in [0.1, 0.15) is 4.88 Å². The maximum absolute atomic E-state index is 13.2. The summed E-state index contributed by atoms with van der Waals surface area (Å²) in [6, 6.07) is 9.80. The first kappa shape index (κ1) is 16.7. The van der Waals surface area contributed by atoms with Crippen LogP contribution in [0.2, 0.25) is 0 Å². The second-order valence-corrected chi connectivity index (χ2v) is 7.52. The van der Waals surface area contributed by atoms with E-state index in [4.69, 9.17) is 0 Å². The van der Waals surface area contributed by atoms with Crippen molar-refractivity contribution in [3.05, 3.63) is 53.8 Å². The van der Waals surface area contributed by atoms with E-state index in [9.17, 15) is 4.79 Å². The summed E-state index contributed by atoms with van der Waals surface area (Å²) in [5.41, 5.74) is 2.01. The quantitative estimate of drug-likeness (QED) is 0.697. The van der Waals surface area contributed by atoms with Gasteiger partial charge in [-0.15, -0.1) is 11.3 Å². The van der Waals surface area contributed by atoms with Crippen LogP contribution in [0.5, 0.6) is 0 Å². The Morgan fingerprint density at radius 3 is 2.58 bits per heavy atom. The van der Waals surface area contributed by atoms with Crippen molar-refractivity contribution in [2.45, 2.75) is 6.92 Å². The molecule has 26 heavy (non-hydrogen) atoms. The molecule has 1 aliphatic rings. The van der Waals surface area contributed by atoms with Crippen molar-refractivity contribution in [1.29, 1.82) is 0 Å². The summed E-state index contributed by atoms with van der Waals surface area (Å²) in [7, 11) is 2.07. The molecule has 0 radical (unpaired) electrons. The van der Waals surface area contributed by atoms with E-state index >= 15 is 0 Å². The Balaban J connectivity index is 1.69. The molecule has 3 heterocycles. The lowest BCUT2D eigenvalue weighted by Crippen LogP contribution is -2.34. The van der Waals surface area contributed by atoms with Gasteiger partial charge < -0.3 is 9.80 Å². The van der Waals surface area contributed by atoms with Crippen LogP contribution in [-0.2, 0) is 0 Å². The lowest BCUT2D eigenvalue weighted by atomic mass is 10.1. The SMILES string of the molecule is CC1CN(C)c2ccccc2N(C(=O)c2cnc(-c3ncccn3)s2)C1. The molecule has 6 nitrogen and oxygen atoms in total. The molecule has 4 rings (SSSR count). The monoisotopic (exact) mass is 365 g/mol. The van der Waals surface area contributed by atoms with Crippen LogP contribution in [0.25, 0.3) is 10.8 Å². The molecule has 0 N–H and O–H groups in total. The number of rotatable bonds is 2. The Kier molecular flexibility index (Phi) is 4.38. The zero-order chi connectivity index (χ0) is 18.1. The van der Waals surface area contributed by atoms with Crippen LogP contribution in [0.15, 0.2) is 48.9 Å². The number of hydrogen-bond acceptors (Lipinski definition) is 6. The molecule has 1 amide bonds. The van der Waals surface area contributed by atoms with Gasteiger partial charge >= 0.3 is 0 Å². The number of anilines is 2. The number of amides is 1. The molecule has 1 atom stereocenters. The molecular weight excluding hydrogens is 346 g/mol. The van der Waals surface area contributed by atoms with Crippen LogP contribution in [0, 0.1) is 5.92 Å². The van der Waals surface area contributed by atoms with Gasteiger partial charge in [0.25, 0.3) is 5.91 Å². The van der Waals surface area contributed by atoms with E-state index in [0.29, 0.717) is 28.2 Å². The number of thiazole rings is 1. The standard InChI is InChI=1S/C19H19N5OS/c1-13-11-23(2)14-6-3-4-7-15(14)24(12-13)19(25)16-10-22-18(26-16)17-20-8-5-9-21-17/h3-10,13H,11-12H2,1-2H3. The van der Waals surface area contributed by atoms with Gasteiger partial charge in [0.05, 0.1) is 17.6 Å². The van der Waals surface area contributed by atoms with Crippen molar-refractivity contribution in [3.63, 3.8) is 0 Å². The molecule has 0 fully saturated rings. The van der Waals surface area contributed by atoms with Gasteiger partial charge in [-0.05, 0) is 24.1 Å². The number of benzene rings is 1. The summed E-state index contributed by atoms with van der Waals surface area (Å²) in [5, 5.41) is 0.655. The van der Waals surface area contributed by atoms with E-state index in [-0.39, 0.29) is 5.91 Å². The fraction of sp³-hybridized carbons (Fsp3) is 0.263. The topological polar surface area (TPSA) is 62.2 Å². The molecule has 1 aliphatic heterocycles. The number of fused-ring (bicyclic) bond motifs is 1. The van der Waals surface area contributed by atoms with Gasteiger partial charge in [-0.25, -0.2) is 15.0 Å². The van der Waals surface area contributed by atoms with Crippen LogP contribution in [0.1, 0.15) is 16.6 Å². The largest absolute Gasteiger partial charge is 0.373 e. The maximum atomic E-state index is 13.2. The second-order valence-electron chi connectivity index (χ2n) is 6.49. The highest BCUT2D eigenvalue weighted by Crippen LogP contribution is 2.34. The molecule has 0 spiro atoms. The third kappa shape index (κ3) is 3.06. The molecule has 132 valence electrons. The smallest absolute Gasteiger partial charge is 0.270 e. The number of aromatic nitrogens is 3. The summed E-state index contributed by atoms with van der Waals surface area (Å²) in [6.07, 6.45) is 4.97. The molecule has 2 aromatic heterocycles. The highest BCUT2D eigenvalue weighted by Gasteiger charge is 2.28. The zero-order valence-corrected chi connectivity index (χ0v) is 15.5. The molecule has 0 saturated heterocycles. The van der Waals surface area contributed by atoms with Gasteiger partial charge in [-0.3, -0.25) is 4.79 Å². The molecule has 0 aliphatic carbocycles. The van der Waals surface area contributed by atoms with Gasteiger partial charge in [0.2, 0.25) is 0 Å². The van der Waals surface area contributed by atoms with E-state index in [1.165, 1.54) is 11.3 Å². The lowest BCUT2D eigenvalue weighted by Gasteiger charge is -2.23. The number of para-hydroxylation sites is 2. The molecule has 0 bridgehead atoms. The van der Waals surface area contributed by atoms with Gasteiger partial charge in [-0.2, -0.15) is 0 Å². The first-order valence-electron chi connectivity index (χ1n) is 8.48. The molecule has 1 aromatic carbocycles. The van der Waals surface area contributed by atoms with Crippen molar-refractivity contribution in [2.24, 2.45) is 5.92 Å². The minimum atomic E-state index is -0.0284. The summed E-state index contributed by atoms with van der Waals surface area (Å²) in [6.45, 7) is 3.75.